The highest BCUT2D eigenvalue weighted by atomic mass is 16.5. The van der Waals surface area contributed by atoms with Gasteiger partial charge in [0.25, 0.3) is 0 Å². The Morgan fingerprint density at radius 1 is 1.00 bits per heavy atom. The van der Waals surface area contributed by atoms with Gasteiger partial charge in [-0.3, -0.25) is 9.69 Å². The van der Waals surface area contributed by atoms with Crippen molar-refractivity contribution in [2.45, 2.75) is 32.4 Å². The van der Waals surface area contributed by atoms with Crippen LogP contribution in [-0.2, 0) is 11.4 Å². The molecule has 3 heteroatoms. The lowest BCUT2D eigenvalue weighted by atomic mass is 10.0. The second kappa shape index (κ2) is 7.42. The number of ether oxygens (including phenoxy) is 1. The van der Waals surface area contributed by atoms with Crippen molar-refractivity contribution < 1.29 is 9.53 Å². The molecule has 1 saturated heterocycles. The van der Waals surface area contributed by atoms with Gasteiger partial charge in [0.1, 0.15) is 18.1 Å². The van der Waals surface area contributed by atoms with Crippen LogP contribution >= 0.6 is 0 Å². The molecule has 2 aromatic rings. The number of likely N-dealkylation sites (tertiary alicyclic amines) is 1. The van der Waals surface area contributed by atoms with Crippen LogP contribution in [0.4, 0.5) is 0 Å². The number of rotatable bonds is 5. The lowest BCUT2D eigenvalue weighted by Crippen LogP contribution is -2.35. The minimum absolute atomic E-state index is 0.339. The number of ketones is 1. The number of benzene rings is 2. The number of hydrogen-bond acceptors (Lipinski definition) is 3. The molecule has 1 heterocycles. The van der Waals surface area contributed by atoms with E-state index in [1.807, 2.05) is 30.3 Å². The Morgan fingerprint density at radius 3 is 2.30 bits per heavy atom. The largest absolute Gasteiger partial charge is 0.489 e. The Bertz CT molecular complexity index is 626. The summed E-state index contributed by atoms with van der Waals surface area (Å²) in [4.78, 5) is 13.7. The van der Waals surface area contributed by atoms with Crippen LogP contribution in [0.25, 0.3) is 0 Å². The van der Waals surface area contributed by atoms with E-state index in [9.17, 15) is 4.79 Å². The van der Waals surface area contributed by atoms with Crippen molar-refractivity contribution in [1.82, 2.24) is 4.90 Å². The quantitative estimate of drug-likeness (QED) is 0.836. The summed E-state index contributed by atoms with van der Waals surface area (Å²) in [5.74, 6) is 1.27. The zero-order chi connectivity index (χ0) is 16.1. The highest BCUT2D eigenvalue weighted by Gasteiger charge is 2.21. The van der Waals surface area contributed by atoms with Crippen molar-refractivity contribution in [3.63, 3.8) is 0 Å². The summed E-state index contributed by atoms with van der Waals surface area (Å²) in [6.07, 6.45) is 1.37. The van der Waals surface area contributed by atoms with Crippen molar-refractivity contribution in [2.24, 2.45) is 0 Å². The van der Waals surface area contributed by atoms with Gasteiger partial charge >= 0.3 is 0 Å². The lowest BCUT2D eigenvalue weighted by molar-refractivity contribution is -0.121. The standard InChI is InChI=1S/C20H23NO2/c1-16(21-13-11-19(22)12-14-21)18-7-9-20(10-8-18)23-15-17-5-3-2-4-6-17/h2-10,16H,11-15H2,1H3. The summed E-state index contributed by atoms with van der Waals surface area (Å²) >= 11 is 0. The smallest absolute Gasteiger partial charge is 0.135 e. The summed E-state index contributed by atoms with van der Waals surface area (Å²) in [6, 6.07) is 18.8. The molecule has 0 amide bonds. The van der Waals surface area contributed by atoms with Crippen molar-refractivity contribution in [1.29, 1.82) is 0 Å². The van der Waals surface area contributed by atoms with E-state index in [0.29, 0.717) is 31.3 Å². The van der Waals surface area contributed by atoms with Gasteiger partial charge in [0, 0.05) is 32.0 Å². The molecule has 1 unspecified atom stereocenters. The zero-order valence-corrected chi connectivity index (χ0v) is 13.6. The van der Waals surface area contributed by atoms with Gasteiger partial charge in [-0.1, -0.05) is 42.5 Å². The van der Waals surface area contributed by atoms with E-state index in [0.717, 1.165) is 18.8 Å². The van der Waals surface area contributed by atoms with Gasteiger partial charge in [0.2, 0.25) is 0 Å². The second-order valence-electron chi connectivity index (χ2n) is 6.09. The Kier molecular flexibility index (Phi) is 5.09. The fourth-order valence-electron chi connectivity index (χ4n) is 2.96. The predicted octanol–water partition coefficient (Wildman–Crippen LogP) is 3.99. The van der Waals surface area contributed by atoms with Crippen molar-refractivity contribution in [3.8, 4) is 5.75 Å². The summed E-state index contributed by atoms with van der Waals surface area (Å²) < 4.78 is 5.83. The van der Waals surface area contributed by atoms with E-state index < -0.39 is 0 Å². The van der Waals surface area contributed by atoms with Gasteiger partial charge < -0.3 is 4.74 Å². The molecule has 0 radical (unpaired) electrons. The maximum atomic E-state index is 11.4. The molecule has 23 heavy (non-hydrogen) atoms. The third-order valence-corrected chi connectivity index (χ3v) is 4.51. The minimum Gasteiger partial charge on any atom is -0.489 e. The van der Waals surface area contributed by atoms with Gasteiger partial charge in [-0.2, -0.15) is 0 Å². The summed E-state index contributed by atoms with van der Waals surface area (Å²) in [7, 11) is 0. The monoisotopic (exact) mass is 309 g/mol. The van der Waals surface area contributed by atoms with Crippen molar-refractivity contribution in [3.05, 3.63) is 65.7 Å². The molecular weight excluding hydrogens is 286 g/mol. The van der Waals surface area contributed by atoms with Crippen LogP contribution in [0, 0.1) is 0 Å². The number of carbonyl (C=O) groups is 1. The lowest BCUT2D eigenvalue weighted by Gasteiger charge is -2.32. The zero-order valence-electron chi connectivity index (χ0n) is 13.6. The molecule has 0 spiro atoms. The Hall–Kier alpha value is -2.13. The first-order valence-electron chi connectivity index (χ1n) is 8.25. The molecule has 0 saturated carbocycles. The molecule has 1 atom stereocenters. The van der Waals surface area contributed by atoms with Crippen molar-refractivity contribution in [2.75, 3.05) is 13.1 Å². The normalized spacial score (nSPS) is 17.0. The van der Waals surface area contributed by atoms with E-state index in [2.05, 4.69) is 36.1 Å². The number of hydrogen-bond donors (Lipinski definition) is 0. The SMILES string of the molecule is CC(c1ccc(OCc2ccccc2)cc1)N1CCC(=O)CC1. The molecule has 0 N–H and O–H groups in total. The number of carbonyl (C=O) groups excluding carboxylic acids is 1. The maximum absolute atomic E-state index is 11.4. The molecule has 0 bridgehead atoms. The van der Waals surface area contributed by atoms with E-state index in [4.69, 9.17) is 4.74 Å². The van der Waals surface area contributed by atoms with Gasteiger partial charge in [-0.15, -0.1) is 0 Å². The van der Waals surface area contributed by atoms with Gasteiger partial charge in [0.15, 0.2) is 0 Å². The fourth-order valence-corrected chi connectivity index (χ4v) is 2.96. The summed E-state index contributed by atoms with van der Waals surface area (Å²) in [6.45, 7) is 4.53. The van der Waals surface area contributed by atoms with Crippen LogP contribution in [0.1, 0.15) is 36.9 Å². The van der Waals surface area contributed by atoms with E-state index in [-0.39, 0.29) is 0 Å². The first kappa shape index (κ1) is 15.8. The van der Waals surface area contributed by atoms with Crippen LogP contribution < -0.4 is 4.74 Å². The molecule has 3 rings (SSSR count). The summed E-state index contributed by atoms with van der Waals surface area (Å²) in [5, 5.41) is 0. The van der Waals surface area contributed by atoms with Gasteiger partial charge in [0.05, 0.1) is 0 Å². The molecule has 1 fully saturated rings. The summed E-state index contributed by atoms with van der Waals surface area (Å²) in [5.41, 5.74) is 2.44. The van der Waals surface area contributed by atoms with Crippen LogP contribution in [0.2, 0.25) is 0 Å². The third kappa shape index (κ3) is 4.20. The number of nitrogens with zero attached hydrogens (tertiary/aromatic N) is 1. The first-order valence-corrected chi connectivity index (χ1v) is 8.25. The number of piperidine rings is 1. The van der Waals surface area contributed by atoms with Crippen LogP contribution in [0.15, 0.2) is 54.6 Å². The van der Waals surface area contributed by atoms with Gasteiger partial charge in [-0.05, 0) is 30.2 Å². The maximum Gasteiger partial charge on any atom is 0.135 e. The average molecular weight is 309 g/mol. The predicted molar refractivity (Wildman–Crippen MR) is 91.4 cm³/mol. The Balaban J connectivity index is 1.57. The highest BCUT2D eigenvalue weighted by Crippen LogP contribution is 2.25. The molecule has 1 aliphatic rings. The molecule has 2 aromatic carbocycles. The first-order chi connectivity index (χ1) is 11.2. The Labute approximate surface area is 137 Å². The van der Waals surface area contributed by atoms with Crippen LogP contribution in [-0.4, -0.2) is 23.8 Å². The Morgan fingerprint density at radius 2 is 1.65 bits per heavy atom. The van der Waals surface area contributed by atoms with Crippen LogP contribution in [0.3, 0.4) is 0 Å². The molecular formula is C20H23NO2. The van der Waals surface area contributed by atoms with E-state index >= 15 is 0 Å². The topological polar surface area (TPSA) is 29.5 Å². The molecule has 0 aromatic heterocycles. The minimum atomic E-state index is 0.339. The highest BCUT2D eigenvalue weighted by molar-refractivity contribution is 5.79. The molecule has 3 nitrogen and oxygen atoms in total. The second-order valence-corrected chi connectivity index (χ2v) is 6.09. The average Bonchev–Trinajstić information content (AvgIpc) is 2.61. The van der Waals surface area contributed by atoms with Crippen molar-refractivity contribution >= 4 is 5.78 Å². The molecule has 0 aliphatic carbocycles. The van der Waals surface area contributed by atoms with E-state index in [1.165, 1.54) is 11.1 Å². The number of Topliss-reactive ketones (excluding diaryl/α,β-unsaturated/α-hetero) is 1. The fraction of sp³-hybridized carbons (Fsp3) is 0.350. The van der Waals surface area contributed by atoms with Crippen LogP contribution in [0.5, 0.6) is 5.75 Å². The third-order valence-electron chi connectivity index (χ3n) is 4.51. The van der Waals surface area contributed by atoms with Gasteiger partial charge in [-0.25, -0.2) is 0 Å². The van der Waals surface area contributed by atoms with E-state index in [1.54, 1.807) is 0 Å². The molecule has 120 valence electrons. The molecule has 1 aliphatic heterocycles.